The van der Waals surface area contributed by atoms with Gasteiger partial charge >= 0.3 is 5.97 Å². The van der Waals surface area contributed by atoms with Crippen molar-refractivity contribution in [3.8, 4) is 11.1 Å². The van der Waals surface area contributed by atoms with E-state index in [9.17, 15) is 23.9 Å². The van der Waals surface area contributed by atoms with E-state index in [1.807, 2.05) is 0 Å². The number of aromatic nitrogens is 3. The molecule has 10 nitrogen and oxygen atoms in total. The number of nitrogens with zero attached hydrogens (tertiary/aromatic N) is 2. The van der Waals surface area contributed by atoms with Crippen LogP contribution in [0.3, 0.4) is 0 Å². The van der Waals surface area contributed by atoms with Crippen LogP contribution in [-0.4, -0.2) is 64.0 Å². The molecular formula is C25H28ClFN6O4. The van der Waals surface area contributed by atoms with Gasteiger partial charge in [0.25, 0.3) is 5.91 Å². The van der Waals surface area contributed by atoms with Crippen molar-refractivity contribution in [3.05, 3.63) is 70.8 Å². The first kappa shape index (κ1) is 27.8. The summed E-state index contributed by atoms with van der Waals surface area (Å²) >= 11 is 6.00. The normalized spacial score (nSPS) is 12.5. The molecule has 5 N–H and O–H groups in total. The number of carbonyl (C=O) groups excluding carboxylic acids is 2. The lowest BCUT2D eigenvalue weighted by atomic mass is 9.96. The Morgan fingerprint density at radius 3 is 2.54 bits per heavy atom. The lowest BCUT2D eigenvalue weighted by Crippen LogP contribution is -2.47. The Hall–Kier alpha value is -3.83. The predicted molar refractivity (Wildman–Crippen MR) is 136 cm³/mol. The number of hydrogen-bond acceptors (Lipinski definition) is 6. The molecule has 2 amide bonds. The van der Waals surface area contributed by atoms with Gasteiger partial charge in [-0.3, -0.25) is 9.59 Å². The molecule has 2 aromatic carbocycles. The van der Waals surface area contributed by atoms with Gasteiger partial charge in [0, 0.05) is 23.0 Å². The molecule has 1 aromatic heterocycles. The molecule has 37 heavy (non-hydrogen) atoms. The lowest BCUT2D eigenvalue weighted by molar-refractivity contribution is -0.142. The number of rotatable bonds is 13. The van der Waals surface area contributed by atoms with Crippen LogP contribution in [0.25, 0.3) is 11.1 Å². The average Bonchev–Trinajstić information content (AvgIpc) is 3.41. The molecule has 0 spiro atoms. The summed E-state index contributed by atoms with van der Waals surface area (Å²) < 4.78 is 14.3. The quantitative estimate of drug-likeness (QED) is 0.213. The number of nitrogens with one attached hydrogen (secondary N) is 4. The van der Waals surface area contributed by atoms with Crippen molar-refractivity contribution in [2.45, 2.75) is 37.8 Å². The molecule has 0 aliphatic carbocycles. The fourth-order valence-electron chi connectivity index (χ4n) is 3.79. The largest absolute Gasteiger partial charge is 0.480 e. The number of aromatic amines is 1. The van der Waals surface area contributed by atoms with Crippen LogP contribution in [0, 0.1) is 5.82 Å². The van der Waals surface area contributed by atoms with Gasteiger partial charge in [-0.15, -0.1) is 0 Å². The highest BCUT2D eigenvalue weighted by Crippen LogP contribution is 2.26. The SMILES string of the molecule is CNCCCC(=O)NC(CC(Cc1ccc(-c2cc(Cl)ccc2F)cc1)NC(=O)c1cn[nH]n1)C(=O)O. The van der Waals surface area contributed by atoms with E-state index in [1.54, 1.807) is 31.3 Å². The van der Waals surface area contributed by atoms with Gasteiger partial charge in [-0.1, -0.05) is 35.9 Å². The summed E-state index contributed by atoms with van der Waals surface area (Å²) in [4.78, 5) is 36.8. The zero-order chi connectivity index (χ0) is 26.8. The second kappa shape index (κ2) is 13.5. The van der Waals surface area contributed by atoms with Crippen molar-refractivity contribution in [1.29, 1.82) is 0 Å². The van der Waals surface area contributed by atoms with Crippen LogP contribution in [0.4, 0.5) is 4.39 Å². The highest BCUT2D eigenvalue weighted by molar-refractivity contribution is 6.30. The Balaban J connectivity index is 1.76. The lowest BCUT2D eigenvalue weighted by Gasteiger charge is -2.23. The molecular weight excluding hydrogens is 503 g/mol. The van der Waals surface area contributed by atoms with E-state index in [0.717, 1.165) is 5.56 Å². The first-order chi connectivity index (χ1) is 17.8. The number of carbonyl (C=O) groups is 3. The number of carboxylic acid groups (broad SMARTS) is 1. The van der Waals surface area contributed by atoms with E-state index in [1.165, 1.54) is 24.4 Å². The molecule has 0 saturated carbocycles. The predicted octanol–water partition coefficient (Wildman–Crippen LogP) is 2.56. The van der Waals surface area contributed by atoms with Crippen LogP contribution < -0.4 is 16.0 Å². The smallest absolute Gasteiger partial charge is 0.326 e. The number of halogens is 2. The van der Waals surface area contributed by atoms with Crippen molar-refractivity contribution < 1.29 is 23.9 Å². The molecule has 12 heteroatoms. The maximum atomic E-state index is 14.3. The van der Waals surface area contributed by atoms with Gasteiger partial charge in [-0.05, 0) is 62.2 Å². The summed E-state index contributed by atoms with van der Waals surface area (Å²) in [5.41, 5.74) is 1.77. The van der Waals surface area contributed by atoms with Crippen LogP contribution in [0.1, 0.15) is 35.3 Å². The van der Waals surface area contributed by atoms with Gasteiger partial charge in [0.2, 0.25) is 5.91 Å². The van der Waals surface area contributed by atoms with Crippen LogP contribution in [-0.2, 0) is 16.0 Å². The third kappa shape index (κ3) is 8.36. The van der Waals surface area contributed by atoms with Crippen LogP contribution >= 0.6 is 11.6 Å². The van der Waals surface area contributed by atoms with Gasteiger partial charge in [0.15, 0.2) is 5.69 Å². The second-order valence-electron chi connectivity index (χ2n) is 8.45. The minimum atomic E-state index is -1.22. The highest BCUT2D eigenvalue weighted by atomic mass is 35.5. The van der Waals surface area contributed by atoms with Crippen molar-refractivity contribution >= 4 is 29.4 Å². The van der Waals surface area contributed by atoms with Crippen molar-refractivity contribution in [1.82, 2.24) is 31.4 Å². The zero-order valence-electron chi connectivity index (χ0n) is 20.1. The maximum Gasteiger partial charge on any atom is 0.326 e. The number of H-pyrrole nitrogens is 1. The Morgan fingerprint density at radius 2 is 1.89 bits per heavy atom. The Labute approximate surface area is 218 Å². The van der Waals surface area contributed by atoms with Gasteiger partial charge in [0.1, 0.15) is 11.9 Å². The summed E-state index contributed by atoms with van der Waals surface area (Å²) in [6.07, 6.45) is 2.16. The monoisotopic (exact) mass is 530 g/mol. The Kier molecular flexibility index (Phi) is 10.1. The van der Waals surface area contributed by atoms with E-state index >= 15 is 0 Å². The number of hydrogen-bond donors (Lipinski definition) is 5. The average molecular weight is 531 g/mol. The molecule has 0 saturated heterocycles. The second-order valence-corrected chi connectivity index (χ2v) is 8.89. The number of benzene rings is 2. The van der Waals surface area contributed by atoms with Crippen molar-refractivity contribution in [3.63, 3.8) is 0 Å². The van der Waals surface area contributed by atoms with Crippen molar-refractivity contribution in [2.24, 2.45) is 0 Å². The van der Waals surface area contributed by atoms with Crippen LogP contribution in [0.5, 0.6) is 0 Å². The van der Waals surface area contributed by atoms with E-state index in [-0.39, 0.29) is 25.0 Å². The van der Waals surface area contributed by atoms with Crippen molar-refractivity contribution in [2.75, 3.05) is 13.6 Å². The minimum Gasteiger partial charge on any atom is -0.480 e. The molecule has 0 aliphatic rings. The summed E-state index contributed by atoms with van der Waals surface area (Å²) in [5, 5.41) is 28.1. The Bertz CT molecular complexity index is 1210. The molecule has 196 valence electrons. The van der Waals surface area contributed by atoms with Gasteiger partial charge in [0.05, 0.1) is 6.20 Å². The third-order valence-corrected chi connectivity index (χ3v) is 5.88. The molecule has 3 aromatic rings. The van der Waals surface area contributed by atoms with Crippen LogP contribution in [0.15, 0.2) is 48.7 Å². The number of aliphatic carboxylic acids is 1. The zero-order valence-corrected chi connectivity index (χ0v) is 20.9. The first-order valence-electron chi connectivity index (χ1n) is 11.6. The standard InChI is InChI=1S/C25H28ClFN6O4/c1-28-10-2-3-23(34)31-21(25(36)37)13-18(30-24(35)22-14-29-33-32-22)11-15-4-6-16(7-5-15)19-12-17(26)8-9-20(19)27/h4-9,12,14,18,21,28H,2-3,10-11,13H2,1H3,(H,30,35)(H,31,34)(H,36,37)(H,29,32,33). The molecule has 0 radical (unpaired) electrons. The fraction of sp³-hybridized carbons (Fsp3) is 0.320. The minimum absolute atomic E-state index is 0.0414. The van der Waals surface area contributed by atoms with Gasteiger partial charge in [-0.2, -0.15) is 15.4 Å². The van der Waals surface area contributed by atoms with E-state index in [4.69, 9.17) is 11.6 Å². The molecule has 2 unspecified atom stereocenters. The number of amides is 2. The fourth-order valence-corrected chi connectivity index (χ4v) is 3.96. The van der Waals surface area contributed by atoms with Gasteiger partial charge < -0.3 is 21.1 Å². The summed E-state index contributed by atoms with van der Waals surface area (Å²) in [5.74, 6) is -2.56. The van der Waals surface area contributed by atoms with E-state index in [2.05, 4.69) is 31.4 Å². The van der Waals surface area contributed by atoms with Gasteiger partial charge in [-0.25, -0.2) is 9.18 Å². The van der Waals surface area contributed by atoms with E-state index in [0.29, 0.717) is 29.1 Å². The molecule has 2 atom stereocenters. The highest BCUT2D eigenvalue weighted by Gasteiger charge is 2.26. The number of carboxylic acids is 1. The maximum absolute atomic E-state index is 14.3. The molecule has 0 fully saturated rings. The summed E-state index contributed by atoms with van der Waals surface area (Å²) in [7, 11) is 1.76. The van der Waals surface area contributed by atoms with Crippen LogP contribution in [0.2, 0.25) is 5.02 Å². The first-order valence-corrected chi connectivity index (χ1v) is 12.0. The molecule has 1 heterocycles. The third-order valence-electron chi connectivity index (χ3n) is 5.64. The molecule has 3 rings (SSSR count). The summed E-state index contributed by atoms with van der Waals surface area (Å²) in [6, 6.07) is 9.37. The topological polar surface area (TPSA) is 149 Å². The Morgan fingerprint density at radius 1 is 1.14 bits per heavy atom. The summed E-state index contributed by atoms with van der Waals surface area (Å²) in [6.45, 7) is 0.622. The molecule has 0 aliphatic heterocycles. The molecule has 0 bridgehead atoms. The van der Waals surface area contributed by atoms with E-state index < -0.39 is 35.7 Å².